The first-order valence-electron chi connectivity index (χ1n) is 7.17. The van der Waals surface area contributed by atoms with Gasteiger partial charge in [-0.15, -0.1) is 0 Å². The van der Waals surface area contributed by atoms with E-state index in [0.29, 0.717) is 32.9 Å². The standard InChI is InChI=1S/C17H12Cl2N4O2/c1-24-15-7-11-14(8-16(15)25-5-4-20)21-9-22-17(11)23-10-2-3-12(18)13(19)6-10/h2-3,6-9H,5H2,1H3,(H,21,22,23). The van der Waals surface area contributed by atoms with Crippen LogP contribution in [0.4, 0.5) is 11.5 Å². The monoisotopic (exact) mass is 374 g/mol. The summed E-state index contributed by atoms with van der Waals surface area (Å²) in [6, 6.07) is 10.6. The number of halogens is 2. The quantitative estimate of drug-likeness (QED) is 0.703. The molecule has 0 atom stereocenters. The second kappa shape index (κ2) is 7.43. The van der Waals surface area contributed by atoms with Crippen molar-refractivity contribution in [1.29, 1.82) is 5.26 Å². The van der Waals surface area contributed by atoms with Gasteiger partial charge in [0.2, 0.25) is 0 Å². The van der Waals surface area contributed by atoms with Crippen molar-refractivity contribution in [3.8, 4) is 17.6 Å². The first kappa shape index (κ1) is 17.1. The molecule has 1 heterocycles. The summed E-state index contributed by atoms with van der Waals surface area (Å²) in [6.45, 7) is -0.0820. The van der Waals surface area contributed by atoms with Crippen LogP contribution >= 0.6 is 23.2 Å². The Morgan fingerprint density at radius 3 is 2.68 bits per heavy atom. The van der Waals surface area contributed by atoms with E-state index in [9.17, 15) is 0 Å². The van der Waals surface area contributed by atoms with E-state index in [-0.39, 0.29) is 6.61 Å². The van der Waals surface area contributed by atoms with Crippen molar-refractivity contribution in [3.63, 3.8) is 0 Å². The van der Waals surface area contributed by atoms with Crippen LogP contribution in [0.15, 0.2) is 36.7 Å². The Hall–Kier alpha value is -2.75. The Balaban J connectivity index is 2.03. The van der Waals surface area contributed by atoms with Gasteiger partial charge in [-0.3, -0.25) is 0 Å². The number of ether oxygens (including phenoxy) is 2. The van der Waals surface area contributed by atoms with E-state index >= 15 is 0 Å². The number of hydrogen-bond acceptors (Lipinski definition) is 6. The van der Waals surface area contributed by atoms with Gasteiger partial charge in [0.25, 0.3) is 0 Å². The van der Waals surface area contributed by atoms with Crippen LogP contribution in [-0.2, 0) is 0 Å². The van der Waals surface area contributed by atoms with E-state index < -0.39 is 0 Å². The van der Waals surface area contributed by atoms with Crippen LogP contribution in [0.5, 0.6) is 11.5 Å². The number of methoxy groups -OCH3 is 1. The van der Waals surface area contributed by atoms with Crippen LogP contribution in [0.2, 0.25) is 10.0 Å². The van der Waals surface area contributed by atoms with Crippen LogP contribution in [0.1, 0.15) is 0 Å². The third kappa shape index (κ3) is 3.68. The number of benzene rings is 2. The maximum absolute atomic E-state index is 8.68. The molecule has 0 aliphatic heterocycles. The third-order valence-corrected chi connectivity index (χ3v) is 4.13. The Morgan fingerprint density at radius 2 is 1.96 bits per heavy atom. The van der Waals surface area contributed by atoms with E-state index in [0.717, 1.165) is 11.1 Å². The highest BCUT2D eigenvalue weighted by Gasteiger charge is 2.12. The van der Waals surface area contributed by atoms with Crippen LogP contribution in [0, 0.1) is 11.3 Å². The summed E-state index contributed by atoms with van der Waals surface area (Å²) < 4.78 is 10.7. The molecule has 1 N–H and O–H groups in total. The van der Waals surface area contributed by atoms with Gasteiger partial charge in [-0.25, -0.2) is 9.97 Å². The largest absolute Gasteiger partial charge is 0.493 e. The summed E-state index contributed by atoms with van der Waals surface area (Å²) in [5, 5.41) is 13.5. The highest BCUT2D eigenvalue weighted by atomic mass is 35.5. The summed E-state index contributed by atoms with van der Waals surface area (Å²) >= 11 is 12.0. The zero-order valence-corrected chi connectivity index (χ0v) is 14.6. The molecule has 0 aliphatic carbocycles. The topological polar surface area (TPSA) is 80.1 Å². The molecule has 0 bridgehead atoms. The molecule has 0 fully saturated rings. The molecule has 2 aromatic carbocycles. The molecule has 8 heteroatoms. The minimum atomic E-state index is -0.0820. The zero-order chi connectivity index (χ0) is 17.8. The van der Waals surface area contributed by atoms with Gasteiger partial charge < -0.3 is 14.8 Å². The van der Waals surface area contributed by atoms with Crippen molar-refractivity contribution in [2.24, 2.45) is 0 Å². The molecule has 0 unspecified atom stereocenters. The summed E-state index contributed by atoms with van der Waals surface area (Å²) in [6.07, 6.45) is 1.43. The van der Waals surface area contributed by atoms with E-state index in [1.54, 1.807) is 30.3 Å². The fraction of sp³-hybridized carbons (Fsp3) is 0.118. The number of nitrogens with zero attached hydrogens (tertiary/aromatic N) is 3. The molecule has 1 aromatic heterocycles. The van der Waals surface area contributed by atoms with E-state index in [1.165, 1.54) is 13.4 Å². The number of fused-ring (bicyclic) bond motifs is 1. The van der Waals surface area contributed by atoms with E-state index in [4.69, 9.17) is 37.9 Å². The first-order valence-corrected chi connectivity index (χ1v) is 7.92. The highest BCUT2D eigenvalue weighted by molar-refractivity contribution is 6.42. The number of nitriles is 1. The SMILES string of the molecule is COc1cc2c(Nc3ccc(Cl)c(Cl)c3)ncnc2cc1OCC#N. The fourth-order valence-electron chi connectivity index (χ4n) is 2.26. The van der Waals surface area contributed by atoms with Crippen molar-refractivity contribution in [1.82, 2.24) is 9.97 Å². The Morgan fingerprint density at radius 1 is 1.12 bits per heavy atom. The molecular weight excluding hydrogens is 363 g/mol. The van der Waals surface area contributed by atoms with Gasteiger partial charge in [-0.1, -0.05) is 23.2 Å². The van der Waals surface area contributed by atoms with E-state index in [2.05, 4.69) is 15.3 Å². The fourth-order valence-corrected chi connectivity index (χ4v) is 2.55. The number of anilines is 2. The van der Waals surface area contributed by atoms with Crippen LogP contribution in [0.3, 0.4) is 0 Å². The number of aromatic nitrogens is 2. The Bertz CT molecular complexity index is 973. The van der Waals surface area contributed by atoms with Crippen molar-refractivity contribution < 1.29 is 9.47 Å². The average Bonchev–Trinajstić information content (AvgIpc) is 2.62. The summed E-state index contributed by atoms with van der Waals surface area (Å²) in [5.41, 5.74) is 1.38. The summed E-state index contributed by atoms with van der Waals surface area (Å²) in [4.78, 5) is 8.52. The van der Waals surface area contributed by atoms with Crippen LogP contribution in [0.25, 0.3) is 10.9 Å². The van der Waals surface area contributed by atoms with Crippen molar-refractivity contribution in [2.75, 3.05) is 19.0 Å². The van der Waals surface area contributed by atoms with Gasteiger partial charge in [0.15, 0.2) is 18.1 Å². The molecule has 25 heavy (non-hydrogen) atoms. The van der Waals surface area contributed by atoms with E-state index in [1.807, 2.05) is 6.07 Å². The second-order valence-electron chi connectivity index (χ2n) is 4.94. The zero-order valence-electron chi connectivity index (χ0n) is 13.1. The maximum atomic E-state index is 8.68. The normalized spacial score (nSPS) is 10.3. The van der Waals surface area contributed by atoms with Gasteiger partial charge in [-0.2, -0.15) is 5.26 Å². The molecule has 3 rings (SSSR count). The molecule has 0 aliphatic rings. The number of rotatable bonds is 5. The van der Waals surface area contributed by atoms with Crippen LogP contribution < -0.4 is 14.8 Å². The van der Waals surface area contributed by atoms with Gasteiger partial charge in [0.05, 0.1) is 22.7 Å². The Kier molecular flexibility index (Phi) is 5.08. The second-order valence-corrected chi connectivity index (χ2v) is 5.76. The predicted molar refractivity (Wildman–Crippen MR) is 96.9 cm³/mol. The Labute approximate surface area is 153 Å². The molecule has 0 spiro atoms. The molecule has 3 aromatic rings. The molecule has 126 valence electrons. The minimum absolute atomic E-state index is 0.0820. The first-order chi connectivity index (χ1) is 12.1. The lowest BCUT2D eigenvalue weighted by atomic mass is 10.2. The van der Waals surface area contributed by atoms with Crippen molar-refractivity contribution in [2.45, 2.75) is 0 Å². The smallest absolute Gasteiger partial charge is 0.174 e. The molecule has 0 saturated heterocycles. The lowest BCUT2D eigenvalue weighted by Crippen LogP contribution is -2.00. The molecule has 6 nitrogen and oxygen atoms in total. The predicted octanol–water partition coefficient (Wildman–Crippen LogP) is 4.59. The maximum Gasteiger partial charge on any atom is 0.174 e. The highest BCUT2D eigenvalue weighted by Crippen LogP contribution is 2.35. The van der Waals surface area contributed by atoms with Gasteiger partial charge in [0.1, 0.15) is 18.2 Å². The lowest BCUT2D eigenvalue weighted by Gasteiger charge is -2.13. The molecule has 0 radical (unpaired) electrons. The third-order valence-electron chi connectivity index (χ3n) is 3.40. The molecule has 0 amide bonds. The minimum Gasteiger partial charge on any atom is -0.493 e. The number of nitrogens with one attached hydrogen (secondary N) is 1. The molecular formula is C17H12Cl2N4O2. The average molecular weight is 375 g/mol. The summed E-state index contributed by atoms with van der Waals surface area (Å²) in [7, 11) is 1.52. The van der Waals surface area contributed by atoms with Gasteiger partial charge >= 0.3 is 0 Å². The van der Waals surface area contributed by atoms with Gasteiger partial charge in [0, 0.05) is 17.1 Å². The van der Waals surface area contributed by atoms with Crippen molar-refractivity contribution in [3.05, 3.63) is 46.7 Å². The van der Waals surface area contributed by atoms with Crippen molar-refractivity contribution >= 4 is 45.6 Å². The molecule has 0 saturated carbocycles. The number of hydrogen-bond donors (Lipinski definition) is 1. The van der Waals surface area contributed by atoms with Crippen LogP contribution in [-0.4, -0.2) is 23.7 Å². The summed E-state index contributed by atoms with van der Waals surface area (Å²) in [5.74, 6) is 1.50. The lowest BCUT2D eigenvalue weighted by molar-refractivity contribution is 0.330. The van der Waals surface area contributed by atoms with Gasteiger partial charge in [-0.05, 0) is 24.3 Å².